The second-order valence-electron chi connectivity index (χ2n) is 7.90. The topological polar surface area (TPSA) is 32.7 Å². The molecule has 1 heterocycles. The Hall–Kier alpha value is -2.33. The number of aliphatic hydroxyl groups is 1. The van der Waals surface area contributed by atoms with Crippen LogP contribution in [0.25, 0.3) is 0 Å². The van der Waals surface area contributed by atoms with Crippen molar-refractivity contribution < 1.29 is 9.84 Å². The van der Waals surface area contributed by atoms with Gasteiger partial charge in [-0.1, -0.05) is 72.8 Å². The number of ether oxygens (including phenoxy) is 1. The Balaban J connectivity index is 0.00000256. The molecule has 3 aromatic carbocycles. The average Bonchev–Trinajstić information content (AvgIpc) is 2.80. The maximum atomic E-state index is 12.0. The van der Waals surface area contributed by atoms with Crippen molar-refractivity contribution in [3.63, 3.8) is 0 Å². The van der Waals surface area contributed by atoms with Crippen molar-refractivity contribution in [2.45, 2.75) is 25.0 Å². The van der Waals surface area contributed by atoms with Crippen molar-refractivity contribution in [1.29, 1.82) is 0 Å². The second-order valence-corrected chi connectivity index (χ2v) is 7.90. The van der Waals surface area contributed by atoms with Crippen LogP contribution >= 0.6 is 12.4 Å². The lowest BCUT2D eigenvalue weighted by Crippen LogP contribution is -2.44. The zero-order valence-corrected chi connectivity index (χ0v) is 18.2. The van der Waals surface area contributed by atoms with Gasteiger partial charge in [-0.2, -0.15) is 0 Å². The van der Waals surface area contributed by atoms with Gasteiger partial charge in [-0.05, 0) is 60.7 Å². The zero-order chi connectivity index (χ0) is 20.1. The molecule has 0 saturated carbocycles. The predicted molar refractivity (Wildman–Crippen MR) is 124 cm³/mol. The Kier molecular flexibility index (Phi) is 7.54. The Morgan fingerprint density at radius 3 is 1.97 bits per heavy atom. The smallest absolute Gasteiger partial charge is 0.119 e. The van der Waals surface area contributed by atoms with Crippen LogP contribution in [0.15, 0.2) is 84.9 Å². The molecule has 0 aliphatic carbocycles. The molecule has 0 unspecified atom stereocenters. The lowest BCUT2D eigenvalue weighted by Gasteiger charge is -2.42. The van der Waals surface area contributed by atoms with Crippen LogP contribution in [0.4, 0.5) is 0 Å². The van der Waals surface area contributed by atoms with Gasteiger partial charge in [-0.15, -0.1) is 12.4 Å². The lowest BCUT2D eigenvalue weighted by atomic mass is 9.72. The summed E-state index contributed by atoms with van der Waals surface area (Å²) in [6.07, 6.45) is 1.93. The fourth-order valence-corrected chi connectivity index (χ4v) is 4.56. The SMILES string of the molecule is COc1cccc(CN2CCC(C(O)(c3ccccc3)c3ccccc3)CC2)c1.Cl. The zero-order valence-electron chi connectivity index (χ0n) is 17.4. The quantitative estimate of drug-likeness (QED) is 0.586. The van der Waals surface area contributed by atoms with Gasteiger partial charge in [0, 0.05) is 6.54 Å². The molecule has 4 heteroatoms. The van der Waals surface area contributed by atoms with Crippen molar-refractivity contribution in [2.24, 2.45) is 5.92 Å². The molecule has 0 bridgehead atoms. The van der Waals surface area contributed by atoms with Crippen LogP contribution < -0.4 is 4.74 Å². The first kappa shape index (κ1) is 22.4. The van der Waals surface area contributed by atoms with Crippen LogP contribution in [0, 0.1) is 5.92 Å². The fraction of sp³-hybridized carbons (Fsp3) is 0.308. The third-order valence-corrected chi connectivity index (χ3v) is 6.15. The molecule has 30 heavy (non-hydrogen) atoms. The van der Waals surface area contributed by atoms with Crippen molar-refractivity contribution in [3.05, 3.63) is 102 Å². The minimum atomic E-state index is -0.954. The predicted octanol–water partition coefficient (Wildman–Crippen LogP) is 5.27. The van der Waals surface area contributed by atoms with E-state index in [2.05, 4.69) is 41.3 Å². The van der Waals surface area contributed by atoms with E-state index in [4.69, 9.17) is 4.74 Å². The van der Waals surface area contributed by atoms with Crippen LogP contribution in [0.3, 0.4) is 0 Å². The van der Waals surface area contributed by atoms with Gasteiger partial charge in [0.15, 0.2) is 0 Å². The van der Waals surface area contributed by atoms with Gasteiger partial charge in [0.2, 0.25) is 0 Å². The number of piperidine rings is 1. The highest BCUT2D eigenvalue weighted by Gasteiger charge is 2.41. The Bertz CT molecular complexity index is 869. The highest BCUT2D eigenvalue weighted by atomic mass is 35.5. The summed E-state index contributed by atoms with van der Waals surface area (Å²) in [5.74, 6) is 1.09. The van der Waals surface area contributed by atoms with E-state index in [0.717, 1.165) is 49.4 Å². The van der Waals surface area contributed by atoms with Crippen molar-refractivity contribution in [2.75, 3.05) is 20.2 Å². The van der Waals surface area contributed by atoms with E-state index in [1.165, 1.54) is 5.56 Å². The molecule has 158 valence electrons. The summed E-state index contributed by atoms with van der Waals surface area (Å²) in [7, 11) is 1.71. The minimum absolute atomic E-state index is 0. The lowest BCUT2D eigenvalue weighted by molar-refractivity contribution is -0.0152. The van der Waals surface area contributed by atoms with Crippen LogP contribution in [-0.4, -0.2) is 30.2 Å². The van der Waals surface area contributed by atoms with Gasteiger partial charge in [-0.3, -0.25) is 4.90 Å². The Morgan fingerprint density at radius 1 is 0.867 bits per heavy atom. The van der Waals surface area contributed by atoms with E-state index >= 15 is 0 Å². The summed E-state index contributed by atoms with van der Waals surface area (Å²) >= 11 is 0. The first-order chi connectivity index (χ1) is 14.2. The van der Waals surface area contributed by atoms with Crippen LogP contribution in [0.5, 0.6) is 5.75 Å². The Morgan fingerprint density at radius 2 is 1.43 bits per heavy atom. The maximum Gasteiger partial charge on any atom is 0.119 e. The summed E-state index contributed by atoms with van der Waals surface area (Å²) in [6.45, 7) is 2.87. The van der Waals surface area contributed by atoms with Gasteiger partial charge in [-0.25, -0.2) is 0 Å². The van der Waals surface area contributed by atoms with Gasteiger partial charge in [0.05, 0.1) is 7.11 Å². The molecule has 3 nitrogen and oxygen atoms in total. The van der Waals surface area contributed by atoms with Crippen molar-refractivity contribution >= 4 is 12.4 Å². The third-order valence-electron chi connectivity index (χ3n) is 6.15. The normalized spacial score (nSPS) is 15.4. The van der Waals surface area contributed by atoms with Gasteiger partial charge >= 0.3 is 0 Å². The Labute approximate surface area is 185 Å². The number of benzene rings is 3. The summed E-state index contributed by atoms with van der Waals surface area (Å²) in [5, 5.41) is 12.0. The van der Waals surface area contributed by atoms with Crippen LogP contribution in [0.1, 0.15) is 29.5 Å². The summed E-state index contributed by atoms with van der Waals surface area (Å²) in [4.78, 5) is 2.47. The molecule has 0 radical (unpaired) electrons. The number of likely N-dealkylation sites (tertiary alicyclic amines) is 1. The number of hydrogen-bond donors (Lipinski definition) is 1. The molecular formula is C26H30ClNO2. The number of hydrogen-bond acceptors (Lipinski definition) is 3. The molecular weight excluding hydrogens is 394 g/mol. The summed E-state index contributed by atoms with van der Waals surface area (Å²) < 4.78 is 5.35. The maximum absolute atomic E-state index is 12.0. The molecule has 0 amide bonds. The van der Waals surface area contributed by atoms with Gasteiger partial charge in [0.1, 0.15) is 11.4 Å². The number of rotatable bonds is 6. The molecule has 1 saturated heterocycles. The molecule has 1 aliphatic heterocycles. The minimum Gasteiger partial charge on any atom is -0.497 e. The first-order valence-electron chi connectivity index (χ1n) is 10.4. The second kappa shape index (κ2) is 10.1. The van der Waals surface area contributed by atoms with E-state index in [0.29, 0.717) is 0 Å². The number of methoxy groups -OCH3 is 1. The van der Waals surface area contributed by atoms with E-state index in [1.807, 2.05) is 48.5 Å². The molecule has 1 N–H and O–H groups in total. The highest BCUT2D eigenvalue weighted by Crippen LogP contribution is 2.42. The van der Waals surface area contributed by atoms with E-state index in [-0.39, 0.29) is 18.3 Å². The largest absolute Gasteiger partial charge is 0.497 e. The van der Waals surface area contributed by atoms with Gasteiger partial charge in [0.25, 0.3) is 0 Å². The van der Waals surface area contributed by atoms with Gasteiger partial charge < -0.3 is 9.84 Å². The average molecular weight is 424 g/mol. The first-order valence-corrected chi connectivity index (χ1v) is 10.4. The molecule has 3 aromatic rings. The van der Waals surface area contributed by atoms with E-state index in [1.54, 1.807) is 7.11 Å². The molecule has 1 fully saturated rings. The molecule has 0 aromatic heterocycles. The number of halogens is 1. The molecule has 4 rings (SSSR count). The van der Waals surface area contributed by atoms with Crippen LogP contribution in [0.2, 0.25) is 0 Å². The molecule has 1 aliphatic rings. The molecule has 0 spiro atoms. The summed E-state index contributed by atoms with van der Waals surface area (Å²) in [5.41, 5.74) is 2.28. The van der Waals surface area contributed by atoms with E-state index < -0.39 is 5.60 Å². The van der Waals surface area contributed by atoms with Crippen molar-refractivity contribution in [1.82, 2.24) is 4.90 Å². The fourth-order valence-electron chi connectivity index (χ4n) is 4.56. The summed E-state index contributed by atoms with van der Waals surface area (Å²) in [6, 6.07) is 28.6. The third kappa shape index (κ3) is 4.70. The number of nitrogens with zero attached hydrogens (tertiary/aromatic N) is 1. The highest BCUT2D eigenvalue weighted by molar-refractivity contribution is 5.85. The van der Waals surface area contributed by atoms with Crippen molar-refractivity contribution in [3.8, 4) is 5.75 Å². The van der Waals surface area contributed by atoms with E-state index in [9.17, 15) is 5.11 Å². The van der Waals surface area contributed by atoms with Crippen LogP contribution in [-0.2, 0) is 12.1 Å². The monoisotopic (exact) mass is 423 g/mol. The molecule has 0 atom stereocenters. The standard InChI is InChI=1S/C26H29NO2.ClH/c1-29-25-14-8-9-21(19-25)20-27-17-15-24(16-18-27)26(28,22-10-4-2-5-11-22)23-12-6-3-7-13-23;/h2-14,19,24,28H,15-18,20H2,1H3;1H.